The van der Waals surface area contributed by atoms with Crippen molar-refractivity contribution in [1.82, 2.24) is 14.7 Å². The average Bonchev–Trinajstić information content (AvgIpc) is 2.75. The second kappa shape index (κ2) is 3.91. The number of aromatic nitrogens is 2. The predicted octanol–water partition coefficient (Wildman–Crippen LogP) is 2.11. The molecular weight excluding hydrogens is 198 g/mol. The Kier molecular flexibility index (Phi) is 2.40. The highest BCUT2D eigenvalue weighted by Gasteiger charge is 2.19. The molecule has 2 aromatic rings. The maximum atomic E-state index is 4.40. The van der Waals surface area contributed by atoms with E-state index in [4.69, 9.17) is 0 Å². The van der Waals surface area contributed by atoms with E-state index in [0.29, 0.717) is 5.92 Å². The summed E-state index contributed by atoms with van der Waals surface area (Å²) in [6.45, 7) is 4.38. The first-order valence-electron chi connectivity index (χ1n) is 5.99. The summed E-state index contributed by atoms with van der Waals surface area (Å²) in [5.41, 5.74) is 3.93. The minimum absolute atomic E-state index is 0.703. The van der Waals surface area contributed by atoms with Gasteiger partial charge in [0, 0.05) is 18.6 Å². The van der Waals surface area contributed by atoms with E-state index in [1.54, 1.807) is 0 Å². The van der Waals surface area contributed by atoms with Crippen LogP contribution in [-0.2, 0) is 0 Å². The number of hydrogen-bond donors (Lipinski definition) is 1. The summed E-state index contributed by atoms with van der Waals surface area (Å²) in [4.78, 5) is 4.40. The molecule has 3 heteroatoms. The summed E-state index contributed by atoms with van der Waals surface area (Å²) in [5.74, 6) is 0.703. The molecule has 1 aliphatic rings. The molecular formula is C13H17N3. The molecule has 1 aliphatic heterocycles. The fraction of sp³-hybridized carbons (Fsp3) is 0.462. The number of fused-ring (bicyclic) bond motifs is 1. The van der Waals surface area contributed by atoms with Gasteiger partial charge < -0.3 is 9.72 Å². The number of hydrogen-bond acceptors (Lipinski definition) is 2. The van der Waals surface area contributed by atoms with Gasteiger partial charge >= 0.3 is 0 Å². The summed E-state index contributed by atoms with van der Waals surface area (Å²) in [5, 5.41) is 3.42. The molecule has 0 aromatic carbocycles. The van der Waals surface area contributed by atoms with Gasteiger partial charge in [-0.25, -0.2) is 0 Å². The molecule has 0 aliphatic carbocycles. The zero-order valence-electron chi connectivity index (χ0n) is 9.61. The van der Waals surface area contributed by atoms with Gasteiger partial charge in [-0.05, 0) is 50.4 Å². The van der Waals surface area contributed by atoms with Crippen LogP contribution in [0.5, 0.6) is 0 Å². The lowest BCUT2D eigenvalue weighted by Gasteiger charge is -2.22. The van der Waals surface area contributed by atoms with Gasteiger partial charge in [-0.15, -0.1) is 0 Å². The van der Waals surface area contributed by atoms with E-state index in [0.717, 1.165) is 18.8 Å². The molecule has 0 spiro atoms. The molecule has 0 unspecified atom stereocenters. The maximum absolute atomic E-state index is 4.40. The average molecular weight is 215 g/mol. The Hall–Kier alpha value is -1.35. The van der Waals surface area contributed by atoms with Gasteiger partial charge in [0.15, 0.2) is 0 Å². The first kappa shape index (κ1) is 9.85. The lowest BCUT2D eigenvalue weighted by Crippen LogP contribution is -2.26. The molecule has 2 aromatic heterocycles. The van der Waals surface area contributed by atoms with E-state index in [9.17, 15) is 0 Å². The Balaban J connectivity index is 2.09. The van der Waals surface area contributed by atoms with Crippen LogP contribution in [0.3, 0.4) is 0 Å². The van der Waals surface area contributed by atoms with Gasteiger partial charge in [0.05, 0.1) is 11.2 Å². The van der Waals surface area contributed by atoms with Crippen LogP contribution < -0.4 is 5.32 Å². The molecule has 0 atom stereocenters. The van der Waals surface area contributed by atoms with Gasteiger partial charge in [0.2, 0.25) is 0 Å². The van der Waals surface area contributed by atoms with E-state index in [1.165, 1.54) is 23.9 Å². The van der Waals surface area contributed by atoms with Crippen LogP contribution in [0.25, 0.3) is 5.52 Å². The summed E-state index contributed by atoms with van der Waals surface area (Å²) in [6, 6.07) is 2.26. The normalized spacial score (nSPS) is 18.1. The molecule has 1 N–H and O–H groups in total. The molecule has 0 saturated carbocycles. The van der Waals surface area contributed by atoms with Crippen molar-refractivity contribution in [3.05, 3.63) is 35.9 Å². The highest BCUT2D eigenvalue weighted by Crippen LogP contribution is 2.30. The summed E-state index contributed by atoms with van der Waals surface area (Å²) < 4.78 is 2.19. The van der Waals surface area contributed by atoms with E-state index in [1.807, 2.05) is 12.4 Å². The Morgan fingerprint density at radius 3 is 2.94 bits per heavy atom. The lowest BCUT2D eigenvalue weighted by atomic mass is 9.90. The summed E-state index contributed by atoms with van der Waals surface area (Å²) in [7, 11) is 0. The highest BCUT2D eigenvalue weighted by atomic mass is 14.9. The van der Waals surface area contributed by atoms with Gasteiger partial charge in [-0.3, -0.25) is 4.98 Å². The molecule has 1 saturated heterocycles. The zero-order chi connectivity index (χ0) is 11.0. The fourth-order valence-corrected chi connectivity index (χ4v) is 2.72. The van der Waals surface area contributed by atoms with E-state index in [-0.39, 0.29) is 0 Å². The van der Waals surface area contributed by atoms with Crippen LogP contribution in [0.15, 0.2) is 24.7 Å². The second-order valence-electron chi connectivity index (χ2n) is 4.56. The SMILES string of the molecule is Cc1nccn2ccc(C3CCNCC3)c12. The molecule has 0 radical (unpaired) electrons. The number of aryl methyl sites for hydroxylation is 1. The van der Waals surface area contributed by atoms with Crippen molar-refractivity contribution in [2.24, 2.45) is 0 Å². The number of rotatable bonds is 1. The summed E-state index contributed by atoms with van der Waals surface area (Å²) in [6.07, 6.45) is 8.55. The van der Waals surface area contributed by atoms with Crippen molar-refractivity contribution in [3.63, 3.8) is 0 Å². The topological polar surface area (TPSA) is 29.3 Å². The highest BCUT2D eigenvalue weighted by molar-refractivity contribution is 5.60. The van der Waals surface area contributed by atoms with Crippen molar-refractivity contribution in [1.29, 1.82) is 0 Å². The van der Waals surface area contributed by atoms with Crippen molar-refractivity contribution < 1.29 is 0 Å². The third-order valence-electron chi connectivity index (χ3n) is 3.56. The zero-order valence-corrected chi connectivity index (χ0v) is 9.61. The molecule has 3 rings (SSSR count). The van der Waals surface area contributed by atoms with E-state index >= 15 is 0 Å². The van der Waals surface area contributed by atoms with Gasteiger partial charge in [0.1, 0.15) is 0 Å². The van der Waals surface area contributed by atoms with E-state index in [2.05, 4.69) is 33.9 Å². The second-order valence-corrected chi connectivity index (χ2v) is 4.56. The van der Waals surface area contributed by atoms with Crippen LogP contribution in [0.4, 0.5) is 0 Å². The van der Waals surface area contributed by atoms with Crippen molar-refractivity contribution in [2.45, 2.75) is 25.7 Å². The van der Waals surface area contributed by atoms with Crippen molar-refractivity contribution in [2.75, 3.05) is 13.1 Å². The third-order valence-corrected chi connectivity index (χ3v) is 3.56. The van der Waals surface area contributed by atoms with Crippen LogP contribution >= 0.6 is 0 Å². The lowest BCUT2D eigenvalue weighted by molar-refractivity contribution is 0.462. The summed E-state index contributed by atoms with van der Waals surface area (Å²) >= 11 is 0. The van der Waals surface area contributed by atoms with Crippen LogP contribution in [-0.4, -0.2) is 22.5 Å². The number of nitrogens with one attached hydrogen (secondary N) is 1. The monoisotopic (exact) mass is 215 g/mol. The third kappa shape index (κ3) is 1.52. The number of piperidine rings is 1. The standard InChI is InChI=1S/C13H17N3/c1-10-13-12(11-2-5-14-6-3-11)4-8-16(13)9-7-15-10/h4,7-9,11,14H,2-3,5-6H2,1H3. The Morgan fingerprint density at radius 1 is 1.31 bits per heavy atom. The van der Waals surface area contributed by atoms with Crippen LogP contribution in [0.2, 0.25) is 0 Å². The van der Waals surface area contributed by atoms with Gasteiger partial charge in [0.25, 0.3) is 0 Å². The minimum Gasteiger partial charge on any atom is -0.320 e. The quantitative estimate of drug-likeness (QED) is 0.789. The Bertz CT molecular complexity index is 495. The molecule has 3 nitrogen and oxygen atoms in total. The predicted molar refractivity (Wildman–Crippen MR) is 64.8 cm³/mol. The first-order chi connectivity index (χ1) is 7.86. The smallest absolute Gasteiger partial charge is 0.0699 e. The maximum Gasteiger partial charge on any atom is 0.0699 e. The first-order valence-corrected chi connectivity index (χ1v) is 5.99. The molecule has 16 heavy (non-hydrogen) atoms. The Labute approximate surface area is 95.5 Å². The van der Waals surface area contributed by atoms with Crippen molar-refractivity contribution >= 4 is 5.52 Å². The van der Waals surface area contributed by atoms with Gasteiger partial charge in [-0.1, -0.05) is 0 Å². The number of nitrogens with zero attached hydrogens (tertiary/aromatic N) is 2. The van der Waals surface area contributed by atoms with Crippen LogP contribution in [0.1, 0.15) is 30.0 Å². The van der Waals surface area contributed by atoms with Crippen LogP contribution in [0, 0.1) is 6.92 Å². The van der Waals surface area contributed by atoms with Crippen molar-refractivity contribution in [3.8, 4) is 0 Å². The Morgan fingerprint density at radius 2 is 2.12 bits per heavy atom. The molecule has 0 bridgehead atoms. The molecule has 1 fully saturated rings. The fourth-order valence-electron chi connectivity index (χ4n) is 2.72. The molecule has 84 valence electrons. The van der Waals surface area contributed by atoms with Gasteiger partial charge in [-0.2, -0.15) is 0 Å². The molecule has 0 amide bonds. The van der Waals surface area contributed by atoms with E-state index < -0.39 is 0 Å². The minimum atomic E-state index is 0.703. The largest absolute Gasteiger partial charge is 0.320 e. The molecule has 3 heterocycles.